The lowest BCUT2D eigenvalue weighted by Gasteiger charge is -2.33. The lowest BCUT2D eigenvalue weighted by atomic mass is 9.87. The Balaban J connectivity index is 1.29. The summed E-state index contributed by atoms with van der Waals surface area (Å²) < 4.78 is 6.44. The van der Waals surface area contributed by atoms with Crippen LogP contribution in [0.25, 0.3) is 67.5 Å². The fourth-order valence-corrected chi connectivity index (χ4v) is 7.38. The van der Waals surface area contributed by atoms with Crippen molar-refractivity contribution in [2.75, 3.05) is 4.90 Å². The van der Waals surface area contributed by atoms with Crippen LogP contribution in [0, 0.1) is 0 Å². The average Bonchev–Trinajstić information content (AvgIpc) is 3.29. The van der Waals surface area contributed by atoms with E-state index in [0.29, 0.717) is 23.3 Å². The van der Waals surface area contributed by atoms with Gasteiger partial charge in [-0.25, -0.2) is 19.9 Å². The van der Waals surface area contributed by atoms with E-state index >= 15 is 0 Å². The van der Waals surface area contributed by atoms with Crippen molar-refractivity contribution in [3.05, 3.63) is 200 Å². The molecule has 1 aliphatic rings. The highest BCUT2D eigenvalue weighted by atomic mass is 16.5. The summed E-state index contributed by atoms with van der Waals surface area (Å²) in [5, 5.41) is 0. The summed E-state index contributed by atoms with van der Waals surface area (Å²) in [6.45, 7) is 0. The molecule has 6 heteroatoms. The predicted molar refractivity (Wildman–Crippen MR) is 225 cm³/mol. The summed E-state index contributed by atoms with van der Waals surface area (Å²) >= 11 is 0. The third kappa shape index (κ3) is 6.05. The lowest BCUT2D eigenvalue weighted by Crippen LogP contribution is -2.18. The van der Waals surface area contributed by atoms with Crippen molar-refractivity contribution in [3.63, 3.8) is 0 Å². The molecular formula is C50H33N5O. The van der Waals surface area contributed by atoms with Gasteiger partial charge in [-0.1, -0.05) is 164 Å². The Morgan fingerprint density at radius 2 is 0.786 bits per heavy atom. The molecule has 9 aromatic rings. The van der Waals surface area contributed by atoms with Gasteiger partial charge in [-0.15, -0.1) is 0 Å². The van der Waals surface area contributed by atoms with Crippen molar-refractivity contribution >= 4 is 17.2 Å². The molecule has 56 heavy (non-hydrogen) atoms. The molecule has 0 saturated carbocycles. The monoisotopic (exact) mass is 719 g/mol. The van der Waals surface area contributed by atoms with Crippen molar-refractivity contribution < 1.29 is 4.74 Å². The zero-order chi connectivity index (χ0) is 37.3. The highest BCUT2D eigenvalue weighted by Crippen LogP contribution is 2.52. The molecule has 0 unspecified atom stereocenters. The van der Waals surface area contributed by atoms with Crippen molar-refractivity contribution in [1.82, 2.24) is 19.9 Å². The van der Waals surface area contributed by atoms with E-state index in [9.17, 15) is 0 Å². The smallest absolute Gasteiger partial charge is 0.167 e. The van der Waals surface area contributed by atoms with Crippen molar-refractivity contribution in [3.8, 4) is 79.0 Å². The van der Waals surface area contributed by atoms with Crippen LogP contribution < -0.4 is 9.64 Å². The van der Waals surface area contributed by atoms with Crippen LogP contribution in [0.5, 0.6) is 11.5 Å². The van der Waals surface area contributed by atoms with E-state index < -0.39 is 0 Å². The van der Waals surface area contributed by atoms with E-state index in [1.54, 1.807) is 0 Å². The van der Waals surface area contributed by atoms with Gasteiger partial charge in [0.1, 0.15) is 5.82 Å². The van der Waals surface area contributed by atoms with Gasteiger partial charge in [0.05, 0.1) is 16.9 Å². The van der Waals surface area contributed by atoms with Crippen LogP contribution in [-0.2, 0) is 0 Å². The second-order valence-corrected chi connectivity index (χ2v) is 13.5. The zero-order valence-electron chi connectivity index (χ0n) is 30.2. The predicted octanol–water partition coefficient (Wildman–Crippen LogP) is 12.8. The number of anilines is 3. The van der Waals surface area contributed by atoms with Gasteiger partial charge in [-0.2, -0.15) is 0 Å². The standard InChI is InChI=1S/C50H33N5O/c1-5-18-34(19-6-1)39-26-17-27-40(35-20-7-2-8-21-35)46(39)38-32-41(49-53-47(36-22-9-3-10-23-36)52-48(54-49)37-24-11-4-12-25-37)50(51-33-38)55-42-28-13-15-30-44(42)56-45-31-16-14-29-43(45)55/h1-33H. The first-order valence-corrected chi connectivity index (χ1v) is 18.6. The fourth-order valence-electron chi connectivity index (χ4n) is 7.38. The Morgan fingerprint density at radius 3 is 1.29 bits per heavy atom. The number of hydrogen-bond acceptors (Lipinski definition) is 6. The summed E-state index contributed by atoms with van der Waals surface area (Å²) in [4.78, 5) is 23.1. The molecular weight excluding hydrogens is 687 g/mol. The third-order valence-corrected chi connectivity index (χ3v) is 9.97. The molecule has 6 nitrogen and oxygen atoms in total. The van der Waals surface area contributed by atoms with Gasteiger partial charge in [-0.3, -0.25) is 4.90 Å². The van der Waals surface area contributed by atoms with Gasteiger partial charge in [0.2, 0.25) is 0 Å². The number of aromatic nitrogens is 4. The van der Waals surface area contributed by atoms with Crippen LogP contribution >= 0.6 is 0 Å². The number of pyridine rings is 1. The second kappa shape index (κ2) is 14.3. The summed E-state index contributed by atoms with van der Waals surface area (Å²) in [6, 6.07) is 65.9. The number of ether oxygens (including phenoxy) is 1. The maximum Gasteiger partial charge on any atom is 0.167 e. The lowest BCUT2D eigenvalue weighted by molar-refractivity contribution is 0.476. The molecule has 0 bridgehead atoms. The molecule has 0 amide bonds. The minimum atomic E-state index is 0.502. The number of fused-ring (bicyclic) bond motifs is 2. The first kappa shape index (κ1) is 32.9. The Kier molecular flexibility index (Phi) is 8.39. The number of para-hydroxylation sites is 4. The Hall–Kier alpha value is -7.70. The largest absolute Gasteiger partial charge is 0.453 e. The molecule has 3 heterocycles. The quantitative estimate of drug-likeness (QED) is 0.163. The van der Waals surface area contributed by atoms with Crippen LogP contribution in [0.3, 0.4) is 0 Å². The fraction of sp³-hybridized carbons (Fsp3) is 0. The van der Waals surface area contributed by atoms with Gasteiger partial charge in [0.15, 0.2) is 29.0 Å². The van der Waals surface area contributed by atoms with Gasteiger partial charge < -0.3 is 4.74 Å². The summed E-state index contributed by atoms with van der Waals surface area (Å²) in [7, 11) is 0. The van der Waals surface area contributed by atoms with Crippen molar-refractivity contribution in [1.29, 1.82) is 0 Å². The first-order valence-electron chi connectivity index (χ1n) is 18.6. The molecule has 2 aromatic heterocycles. The molecule has 10 rings (SSSR count). The first-order chi connectivity index (χ1) is 27.8. The SMILES string of the molecule is c1ccc(-c2nc(-c3ccccc3)nc(-c3cc(-c4c(-c5ccccc5)cccc4-c4ccccc4)cnc3N3c4ccccc4Oc4ccccc43)n2)cc1. The molecule has 1 aliphatic heterocycles. The molecule has 0 aliphatic carbocycles. The van der Waals surface area contributed by atoms with E-state index in [1.165, 1.54) is 0 Å². The van der Waals surface area contributed by atoms with Crippen LogP contribution in [0.1, 0.15) is 0 Å². The van der Waals surface area contributed by atoms with Crippen molar-refractivity contribution in [2.45, 2.75) is 0 Å². The van der Waals surface area contributed by atoms with Crippen LogP contribution in [0.2, 0.25) is 0 Å². The topological polar surface area (TPSA) is 64.0 Å². The summed E-state index contributed by atoms with van der Waals surface area (Å²) in [5.74, 6) is 3.77. The normalized spacial score (nSPS) is 11.7. The molecule has 264 valence electrons. The van der Waals surface area contributed by atoms with E-state index in [1.807, 2.05) is 115 Å². The number of hydrogen-bond donors (Lipinski definition) is 0. The zero-order valence-corrected chi connectivity index (χ0v) is 30.2. The van der Waals surface area contributed by atoms with Gasteiger partial charge in [0.25, 0.3) is 0 Å². The molecule has 7 aromatic carbocycles. The number of nitrogens with zero attached hydrogens (tertiary/aromatic N) is 5. The average molecular weight is 720 g/mol. The second-order valence-electron chi connectivity index (χ2n) is 13.5. The van der Waals surface area contributed by atoms with E-state index in [2.05, 4.69) is 89.8 Å². The van der Waals surface area contributed by atoms with E-state index in [0.717, 1.165) is 72.9 Å². The van der Waals surface area contributed by atoms with Crippen LogP contribution in [-0.4, -0.2) is 19.9 Å². The highest BCUT2D eigenvalue weighted by molar-refractivity contribution is 5.97. The minimum Gasteiger partial charge on any atom is -0.453 e. The Labute approximate surface area is 325 Å². The summed E-state index contributed by atoms with van der Waals surface area (Å²) in [6.07, 6.45) is 1.98. The maximum absolute atomic E-state index is 6.44. The van der Waals surface area contributed by atoms with Gasteiger partial charge in [0, 0.05) is 22.9 Å². The Bertz CT molecular complexity index is 2670. The van der Waals surface area contributed by atoms with Crippen LogP contribution in [0.4, 0.5) is 17.2 Å². The summed E-state index contributed by atoms with van der Waals surface area (Å²) in [5.41, 5.74) is 10.7. The van der Waals surface area contributed by atoms with Crippen LogP contribution in [0.15, 0.2) is 200 Å². The molecule has 0 atom stereocenters. The van der Waals surface area contributed by atoms with E-state index in [4.69, 9.17) is 24.7 Å². The Morgan fingerprint density at radius 1 is 0.357 bits per heavy atom. The molecule has 0 spiro atoms. The maximum atomic E-state index is 6.44. The van der Waals surface area contributed by atoms with Crippen molar-refractivity contribution in [2.24, 2.45) is 0 Å². The molecule has 0 fully saturated rings. The minimum absolute atomic E-state index is 0.502. The number of rotatable bonds is 7. The highest BCUT2D eigenvalue weighted by Gasteiger charge is 2.30. The van der Waals surface area contributed by atoms with Gasteiger partial charge in [-0.05, 0) is 58.1 Å². The molecule has 0 radical (unpaired) electrons. The van der Waals surface area contributed by atoms with Gasteiger partial charge >= 0.3 is 0 Å². The molecule has 0 saturated heterocycles. The third-order valence-electron chi connectivity index (χ3n) is 9.97. The number of benzene rings is 7. The molecule has 0 N–H and O–H groups in total. The van der Waals surface area contributed by atoms with E-state index in [-0.39, 0.29) is 0 Å².